The lowest BCUT2D eigenvalue weighted by molar-refractivity contribution is -0.121. The highest BCUT2D eigenvalue weighted by molar-refractivity contribution is 6.31. The highest BCUT2D eigenvalue weighted by Gasteiger charge is 2.27. The maximum Gasteiger partial charge on any atom is 0.252 e. The summed E-state index contributed by atoms with van der Waals surface area (Å²) in [7, 11) is 1.38. The molecule has 0 aliphatic carbocycles. The van der Waals surface area contributed by atoms with Crippen LogP contribution in [-0.2, 0) is 17.6 Å². The summed E-state index contributed by atoms with van der Waals surface area (Å²) < 4.78 is 26.0. The average Bonchev–Trinajstić information content (AvgIpc) is 3.31. The second-order valence-electron chi connectivity index (χ2n) is 8.57. The second-order valence-corrected chi connectivity index (χ2v) is 9.01. The summed E-state index contributed by atoms with van der Waals surface area (Å²) in [5.74, 6) is -1.62. The molecule has 0 saturated heterocycles. The standard InChI is InChI=1S/C27H21ClFN5O5/c1-14-32-25(33-39-14)11-22(23(35)8-15-3-6-18(27(31)37)21(29)7-15)34-13-24(38-2)20(10-26(34)36)19-9-17(28)5-4-16(19)12-30/h3-7,9-10,13,22H,8,11H2,1-2H3,(H2,31,37). The molecular weight excluding hydrogens is 529 g/mol. The van der Waals surface area contributed by atoms with E-state index in [1.54, 1.807) is 13.0 Å². The number of ether oxygens (including phenoxy) is 1. The van der Waals surface area contributed by atoms with Crippen molar-refractivity contribution < 1.29 is 23.2 Å². The SMILES string of the molecule is COc1cn(C(Cc2noc(C)n2)C(=O)Cc2ccc(C(N)=O)c(F)c2)c(=O)cc1-c1cc(Cl)ccc1C#N. The zero-order chi connectivity index (χ0) is 28.3. The van der Waals surface area contributed by atoms with E-state index in [9.17, 15) is 24.0 Å². The number of amides is 1. The Morgan fingerprint density at radius 1 is 1.23 bits per heavy atom. The monoisotopic (exact) mass is 549 g/mol. The van der Waals surface area contributed by atoms with Gasteiger partial charge in [0.15, 0.2) is 11.6 Å². The fourth-order valence-corrected chi connectivity index (χ4v) is 4.31. The van der Waals surface area contributed by atoms with Gasteiger partial charge >= 0.3 is 0 Å². The van der Waals surface area contributed by atoms with Gasteiger partial charge in [-0.1, -0.05) is 22.8 Å². The number of nitrogens with two attached hydrogens (primary N) is 1. The Bertz CT molecular complexity index is 1690. The van der Waals surface area contributed by atoms with Gasteiger partial charge in [-0.3, -0.25) is 14.4 Å². The predicted molar refractivity (Wildman–Crippen MR) is 138 cm³/mol. The van der Waals surface area contributed by atoms with Gasteiger partial charge in [-0.25, -0.2) is 4.39 Å². The molecule has 1 unspecified atom stereocenters. The van der Waals surface area contributed by atoms with E-state index < -0.39 is 29.1 Å². The lowest BCUT2D eigenvalue weighted by Crippen LogP contribution is -2.32. The first-order chi connectivity index (χ1) is 18.6. The van der Waals surface area contributed by atoms with Gasteiger partial charge in [-0.15, -0.1) is 0 Å². The van der Waals surface area contributed by atoms with Crippen LogP contribution >= 0.6 is 11.6 Å². The number of aryl methyl sites for hydroxylation is 1. The molecule has 1 atom stereocenters. The fourth-order valence-electron chi connectivity index (χ4n) is 4.13. The summed E-state index contributed by atoms with van der Waals surface area (Å²) in [6.07, 6.45) is 0.966. The van der Waals surface area contributed by atoms with Gasteiger partial charge in [0.25, 0.3) is 11.5 Å². The molecule has 12 heteroatoms. The van der Waals surface area contributed by atoms with Crippen LogP contribution in [0.2, 0.25) is 5.02 Å². The molecule has 198 valence electrons. The van der Waals surface area contributed by atoms with Crippen molar-refractivity contribution in [1.29, 1.82) is 5.26 Å². The smallest absolute Gasteiger partial charge is 0.252 e. The van der Waals surface area contributed by atoms with Gasteiger partial charge in [0.05, 0.1) is 30.5 Å². The quantitative estimate of drug-likeness (QED) is 0.332. The first-order valence-corrected chi connectivity index (χ1v) is 11.9. The number of rotatable bonds is 9. The molecule has 4 aromatic rings. The number of nitriles is 1. The minimum absolute atomic E-state index is 0.110. The van der Waals surface area contributed by atoms with E-state index in [2.05, 4.69) is 16.2 Å². The largest absolute Gasteiger partial charge is 0.495 e. The number of hydrogen-bond acceptors (Lipinski definition) is 8. The van der Waals surface area contributed by atoms with E-state index in [-0.39, 0.29) is 47.0 Å². The Labute approximate surface area is 226 Å². The van der Waals surface area contributed by atoms with Gasteiger partial charge in [0, 0.05) is 42.0 Å². The zero-order valence-electron chi connectivity index (χ0n) is 20.8. The van der Waals surface area contributed by atoms with Crippen LogP contribution in [0.5, 0.6) is 5.75 Å². The minimum Gasteiger partial charge on any atom is -0.495 e. The van der Waals surface area contributed by atoms with Crippen LogP contribution in [0.25, 0.3) is 11.1 Å². The molecule has 39 heavy (non-hydrogen) atoms. The van der Waals surface area contributed by atoms with Crippen molar-refractivity contribution >= 4 is 23.3 Å². The van der Waals surface area contributed by atoms with Crippen LogP contribution in [0.3, 0.4) is 0 Å². The molecule has 2 N–H and O–H groups in total. The maximum atomic E-state index is 14.3. The molecule has 0 radical (unpaired) electrons. The Balaban J connectivity index is 1.79. The third kappa shape index (κ3) is 5.86. The second kappa shape index (κ2) is 11.3. The number of carbonyl (C=O) groups excluding carboxylic acids is 2. The number of benzene rings is 2. The zero-order valence-corrected chi connectivity index (χ0v) is 21.5. The third-order valence-corrected chi connectivity index (χ3v) is 6.22. The summed E-state index contributed by atoms with van der Waals surface area (Å²) in [6, 6.07) is 10.4. The van der Waals surface area contributed by atoms with Gasteiger partial charge in [0.1, 0.15) is 17.6 Å². The molecule has 0 bridgehead atoms. The van der Waals surface area contributed by atoms with Crippen molar-refractivity contribution in [2.24, 2.45) is 5.73 Å². The maximum absolute atomic E-state index is 14.3. The normalized spacial score (nSPS) is 11.6. The molecule has 1 amide bonds. The van der Waals surface area contributed by atoms with Crippen molar-refractivity contribution in [3.05, 3.63) is 98.3 Å². The van der Waals surface area contributed by atoms with E-state index >= 15 is 0 Å². The van der Waals surface area contributed by atoms with Gasteiger partial charge in [-0.2, -0.15) is 10.2 Å². The number of methoxy groups -OCH3 is 1. The summed E-state index contributed by atoms with van der Waals surface area (Å²) in [5, 5.41) is 13.7. The van der Waals surface area contributed by atoms with Crippen molar-refractivity contribution in [2.75, 3.05) is 7.11 Å². The predicted octanol–water partition coefficient (Wildman–Crippen LogP) is 3.57. The molecule has 0 aliphatic heterocycles. The molecule has 0 spiro atoms. The first kappa shape index (κ1) is 27.2. The average molecular weight is 550 g/mol. The topological polar surface area (TPSA) is 154 Å². The van der Waals surface area contributed by atoms with E-state index in [1.807, 2.05) is 0 Å². The van der Waals surface area contributed by atoms with Crippen LogP contribution in [0.1, 0.15) is 39.2 Å². The van der Waals surface area contributed by atoms with Crippen molar-refractivity contribution in [3.8, 4) is 22.9 Å². The number of hydrogen-bond donors (Lipinski definition) is 1. The van der Waals surface area contributed by atoms with Crippen molar-refractivity contribution in [2.45, 2.75) is 25.8 Å². The van der Waals surface area contributed by atoms with Crippen molar-refractivity contribution in [3.63, 3.8) is 0 Å². The van der Waals surface area contributed by atoms with Gasteiger partial charge in [0.2, 0.25) is 5.89 Å². The van der Waals surface area contributed by atoms with Crippen molar-refractivity contribution in [1.82, 2.24) is 14.7 Å². The molecule has 0 saturated carbocycles. The summed E-state index contributed by atoms with van der Waals surface area (Å²) in [6.45, 7) is 1.58. The Morgan fingerprint density at radius 3 is 2.62 bits per heavy atom. The van der Waals surface area contributed by atoms with E-state index in [0.29, 0.717) is 16.1 Å². The molecule has 2 aromatic carbocycles. The van der Waals surface area contributed by atoms with Crippen LogP contribution < -0.4 is 16.0 Å². The van der Waals surface area contributed by atoms with Crippen LogP contribution in [0.4, 0.5) is 4.39 Å². The fraction of sp³-hybridized carbons (Fsp3) is 0.185. The number of primary amides is 1. The lowest BCUT2D eigenvalue weighted by atomic mass is 9.98. The Kier molecular flexibility index (Phi) is 7.88. The molecule has 2 heterocycles. The molecule has 4 rings (SSSR count). The number of carbonyl (C=O) groups is 2. The number of pyridine rings is 1. The first-order valence-electron chi connectivity index (χ1n) is 11.5. The summed E-state index contributed by atoms with van der Waals surface area (Å²) in [4.78, 5) is 42.4. The summed E-state index contributed by atoms with van der Waals surface area (Å²) in [5.41, 5.74) is 5.50. The number of ketones is 1. The number of aromatic nitrogens is 3. The van der Waals surface area contributed by atoms with E-state index in [1.165, 1.54) is 48.2 Å². The highest BCUT2D eigenvalue weighted by Crippen LogP contribution is 2.33. The molecule has 2 aromatic heterocycles. The van der Waals surface area contributed by atoms with Crippen LogP contribution in [0.15, 0.2) is 58.0 Å². The molecular formula is C27H21ClFN5O5. The molecule has 0 aliphatic rings. The number of halogens is 2. The number of Topliss-reactive ketones (excluding diaryl/α,β-unsaturated/α-hetero) is 1. The molecule has 0 fully saturated rings. The van der Waals surface area contributed by atoms with Gasteiger partial charge < -0.3 is 19.6 Å². The Morgan fingerprint density at radius 2 is 2.00 bits per heavy atom. The van der Waals surface area contributed by atoms with Crippen LogP contribution in [-0.4, -0.2) is 33.5 Å². The Hall–Kier alpha value is -4.82. The van der Waals surface area contributed by atoms with Crippen LogP contribution in [0, 0.1) is 24.1 Å². The third-order valence-electron chi connectivity index (χ3n) is 5.99. The minimum atomic E-state index is -1.13. The van der Waals surface area contributed by atoms with Gasteiger partial charge in [-0.05, 0) is 35.9 Å². The van der Waals surface area contributed by atoms with E-state index in [4.69, 9.17) is 26.6 Å². The molecule has 10 nitrogen and oxygen atoms in total. The highest BCUT2D eigenvalue weighted by atomic mass is 35.5. The van der Waals surface area contributed by atoms with E-state index in [0.717, 1.165) is 6.07 Å². The number of nitrogens with zero attached hydrogens (tertiary/aromatic N) is 4. The lowest BCUT2D eigenvalue weighted by Gasteiger charge is -2.20. The summed E-state index contributed by atoms with van der Waals surface area (Å²) >= 11 is 6.14.